The summed E-state index contributed by atoms with van der Waals surface area (Å²) in [5, 5.41) is 5.98. The molecule has 1 aliphatic carbocycles. The molecule has 2 heterocycles. The summed E-state index contributed by atoms with van der Waals surface area (Å²) in [7, 11) is 1.56. The Balaban J connectivity index is 1.36. The van der Waals surface area contributed by atoms with E-state index in [9.17, 15) is 9.59 Å². The van der Waals surface area contributed by atoms with Crippen molar-refractivity contribution in [2.45, 2.75) is 37.1 Å². The Morgan fingerprint density at radius 3 is 2.40 bits per heavy atom. The van der Waals surface area contributed by atoms with Crippen LogP contribution in [0.25, 0.3) is 0 Å². The SMILES string of the molecule is COc1cccc(C(=O)N[C@H]2CO[C@H]3[C@@H]2OC[C@@H]3NC(=O)C2CC2)c1. The fourth-order valence-electron chi connectivity index (χ4n) is 3.41. The molecule has 0 aromatic heterocycles. The van der Waals surface area contributed by atoms with Crippen molar-refractivity contribution in [2.75, 3.05) is 20.3 Å². The van der Waals surface area contributed by atoms with Crippen LogP contribution in [0.4, 0.5) is 0 Å². The minimum Gasteiger partial charge on any atom is -0.497 e. The quantitative estimate of drug-likeness (QED) is 0.810. The molecule has 1 aromatic carbocycles. The Hall–Kier alpha value is -2.12. The van der Waals surface area contributed by atoms with Crippen molar-refractivity contribution in [3.63, 3.8) is 0 Å². The highest BCUT2D eigenvalue weighted by atomic mass is 16.6. The highest BCUT2D eigenvalue weighted by Gasteiger charge is 2.49. The Kier molecular flexibility index (Phi) is 4.35. The number of carbonyl (C=O) groups excluding carboxylic acids is 2. The third-order valence-corrected chi connectivity index (χ3v) is 4.98. The summed E-state index contributed by atoms with van der Waals surface area (Å²) < 4.78 is 16.8. The molecule has 0 bridgehead atoms. The molecule has 7 heteroatoms. The first-order chi connectivity index (χ1) is 12.2. The number of ether oxygens (including phenoxy) is 3. The van der Waals surface area contributed by atoms with Gasteiger partial charge in [-0.05, 0) is 31.0 Å². The number of carbonyl (C=O) groups is 2. The van der Waals surface area contributed by atoms with Gasteiger partial charge < -0.3 is 24.8 Å². The summed E-state index contributed by atoms with van der Waals surface area (Å²) in [6.07, 6.45) is 1.48. The van der Waals surface area contributed by atoms with E-state index in [0.29, 0.717) is 24.5 Å². The molecular formula is C18H22N2O5. The number of benzene rings is 1. The lowest BCUT2D eigenvalue weighted by molar-refractivity contribution is -0.123. The van der Waals surface area contributed by atoms with Gasteiger partial charge >= 0.3 is 0 Å². The average Bonchev–Trinajstić information content (AvgIpc) is 3.31. The van der Waals surface area contributed by atoms with Crippen molar-refractivity contribution in [3.8, 4) is 5.75 Å². The van der Waals surface area contributed by atoms with Crippen LogP contribution in [-0.2, 0) is 14.3 Å². The molecule has 4 rings (SSSR count). The van der Waals surface area contributed by atoms with Gasteiger partial charge in [0.15, 0.2) is 0 Å². The normalized spacial score (nSPS) is 30.6. The number of rotatable bonds is 5. The fourth-order valence-corrected chi connectivity index (χ4v) is 3.41. The Morgan fingerprint density at radius 1 is 1.08 bits per heavy atom. The predicted octanol–water partition coefficient (Wildman–Crippen LogP) is 0.486. The molecule has 3 aliphatic rings. The van der Waals surface area contributed by atoms with Gasteiger partial charge in [-0.15, -0.1) is 0 Å². The molecular weight excluding hydrogens is 324 g/mol. The van der Waals surface area contributed by atoms with Crippen LogP contribution in [-0.4, -0.2) is 56.4 Å². The number of methoxy groups -OCH3 is 1. The number of fused-ring (bicyclic) bond motifs is 1. The van der Waals surface area contributed by atoms with Gasteiger partial charge in [-0.2, -0.15) is 0 Å². The summed E-state index contributed by atoms with van der Waals surface area (Å²) in [5.74, 6) is 0.682. The first kappa shape index (κ1) is 16.4. The molecule has 1 saturated carbocycles. The van der Waals surface area contributed by atoms with Gasteiger partial charge in [0.2, 0.25) is 5.91 Å². The minimum absolute atomic E-state index is 0.0849. The van der Waals surface area contributed by atoms with Gasteiger partial charge in [0.05, 0.1) is 32.4 Å². The van der Waals surface area contributed by atoms with Gasteiger partial charge in [0, 0.05) is 11.5 Å². The Morgan fingerprint density at radius 2 is 1.76 bits per heavy atom. The van der Waals surface area contributed by atoms with E-state index < -0.39 is 0 Å². The molecule has 0 spiro atoms. The molecule has 2 saturated heterocycles. The van der Waals surface area contributed by atoms with E-state index in [4.69, 9.17) is 14.2 Å². The highest BCUT2D eigenvalue weighted by molar-refractivity contribution is 5.94. The van der Waals surface area contributed by atoms with Gasteiger partial charge in [-0.25, -0.2) is 0 Å². The van der Waals surface area contributed by atoms with Crippen LogP contribution < -0.4 is 15.4 Å². The molecule has 2 N–H and O–H groups in total. The molecule has 7 nitrogen and oxygen atoms in total. The van der Waals surface area contributed by atoms with E-state index in [2.05, 4.69) is 10.6 Å². The van der Waals surface area contributed by atoms with Crippen molar-refractivity contribution in [1.82, 2.24) is 10.6 Å². The maximum Gasteiger partial charge on any atom is 0.251 e. The maximum absolute atomic E-state index is 12.5. The molecule has 0 unspecified atom stereocenters. The van der Waals surface area contributed by atoms with Crippen LogP contribution in [0.1, 0.15) is 23.2 Å². The van der Waals surface area contributed by atoms with Crippen molar-refractivity contribution in [1.29, 1.82) is 0 Å². The third-order valence-electron chi connectivity index (χ3n) is 4.98. The average molecular weight is 346 g/mol. The van der Waals surface area contributed by atoms with E-state index in [0.717, 1.165) is 12.8 Å². The molecule has 2 aliphatic heterocycles. The van der Waals surface area contributed by atoms with Crippen LogP contribution in [0.15, 0.2) is 24.3 Å². The third kappa shape index (κ3) is 3.34. The van der Waals surface area contributed by atoms with Gasteiger partial charge in [0.25, 0.3) is 5.91 Å². The summed E-state index contributed by atoms with van der Waals surface area (Å²) in [5.41, 5.74) is 0.527. The van der Waals surface area contributed by atoms with Crippen LogP contribution in [0.2, 0.25) is 0 Å². The van der Waals surface area contributed by atoms with E-state index in [1.54, 1.807) is 31.4 Å². The monoisotopic (exact) mass is 346 g/mol. The summed E-state index contributed by atoms with van der Waals surface area (Å²) in [6, 6.07) is 6.62. The van der Waals surface area contributed by atoms with Crippen LogP contribution in [0, 0.1) is 5.92 Å². The summed E-state index contributed by atoms with van der Waals surface area (Å²) in [6.45, 7) is 0.792. The van der Waals surface area contributed by atoms with Crippen LogP contribution >= 0.6 is 0 Å². The number of hydrogen-bond acceptors (Lipinski definition) is 5. The zero-order valence-corrected chi connectivity index (χ0v) is 14.1. The number of hydrogen-bond donors (Lipinski definition) is 2. The minimum atomic E-state index is -0.237. The lowest BCUT2D eigenvalue weighted by atomic mass is 10.1. The standard InChI is InChI=1S/C18H22N2O5/c1-23-12-4-2-3-11(7-12)18(22)20-14-9-25-15-13(8-24-16(14)15)19-17(21)10-5-6-10/h2-4,7,10,13-16H,5-6,8-9H2,1H3,(H,19,21)(H,20,22)/t13-,14-,15+,16+/m0/s1. The molecule has 2 amide bonds. The topological polar surface area (TPSA) is 85.9 Å². The molecule has 0 radical (unpaired) electrons. The zero-order valence-electron chi connectivity index (χ0n) is 14.1. The Bertz CT molecular complexity index is 675. The van der Waals surface area contributed by atoms with Gasteiger partial charge in [-0.3, -0.25) is 9.59 Å². The van der Waals surface area contributed by atoms with E-state index in [-0.39, 0.29) is 42.0 Å². The molecule has 4 atom stereocenters. The second kappa shape index (κ2) is 6.65. The van der Waals surface area contributed by atoms with Crippen LogP contribution in [0.3, 0.4) is 0 Å². The van der Waals surface area contributed by atoms with Crippen LogP contribution in [0.5, 0.6) is 5.75 Å². The van der Waals surface area contributed by atoms with Gasteiger partial charge in [0.1, 0.15) is 18.0 Å². The van der Waals surface area contributed by atoms with Gasteiger partial charge in [-0.1, -0.05) is 6.07 Å². The zero-order chi connectivity index (χ0) is 17.4. The molecule has 3 fully saturated rings. The van der Waals surface area contributed by atoms with E-state index in [1.807, 2.05) is 0 Å². The predicted molar refractivity (Wildman–Crippen MR) is 88.4 cm³/mol. The largest absolute Gasteiger partial charge is 0.497 e. The van der Waals surface area contributed by atoms with Crippen molar-refractivity contribution in [2.24, 2.45) is 5.92 Å². The molecule has 25 heavy (non-hydrogen) atoms. The highest BCUT2D eigenvalue weighted by Crippen LogP contribution is 2.31. The summed E-state index contributed by atoms with van der Waals surface area (Å²) in [4.78, 5) is 24.4. The number of amides is 2. The molecule has 134 valence electrons. The fraction of sp³-hybridized carbons (Fsp3) is 0.556. The number of nitrogens with one attached hydrogen (secondary N) is 2. The van der Waals surface area contributed by atoms with E-state index in [1.165, 1.54) is 0 Å². The summed E-state index contributed by atoms with van der Waals surface area (Å²) >= 11 is 0. The van der Waals surface area contributed by atoms with E-state index >= 15 is 0 Å². The van der Waals surface area contributed by atoms with Crippen molar-refractivity contribution >= 4 is 11.8 Å². The second-order valence-corrected chi connectivity index (χ2v) is 6.80. The van der Waals surface area contributed by atoms with Crippen molar-refractivity contribution < 1.29 is 23.8 Å². The first-order valence-electron chi connectivity index (χ1n) is 8.64. The maximum atomic E-state index is 12.5. The first-order valence-corrected chi connectivity index (χ1v) is 8.64. The molecule has 1 aromatic rings. The lowest BCUT2D eigenvalue weighted by Gasteiger charge is -2.18. The second-order valence-electron chi connectivity index (χ2n) is 6.80. The van der Waals surface area contributed by atoms with Crippen molar-refractivity contribution in [3.05, 3.63) is 29.8 Å². The lowest BCUT2D eigenvalue weighted by Crippen LogP contribution is -2.47. The smallest absolute Gasteiger partial charge is 0.251 e. The Labute approximate surface area is 146 Å².